The van der Waals surface area contributed by atoms with E-state index < -0.39 is 0 Å². The van der Waals surface area contributed by atoms with Crippen molar-refractivity contribution in [1.82, 2.24) is 10.3 Å². The number of aromatic nitrogens is 1. The standard InChI is InChI=1S/C14H17ClN2O/c15-11-4-1-5-12-14(11)18-13(17-12)7-6-10-3-2-8-16-9-10/h1,4-5,10,16H,2-3,6-9H2. The topological polar surface area (TPSA) is 38.1 Å². The number of hydrogen-bond acceptors (Lipinski definition) is 3. The highest BCUT2D eigenvalue weighted by molar-refractivity contribution is 6.34. The van der Waals surface area contributed by atoms with E-state index in [0.29, 0.717) is 5.02 Å². The molecule has 3 rings (SSSR count). The lowest BCUT2D eigenvalue weighted by molar-refractivity contribution is 0.347. The molecule has 1 fully saturated rings. The predicted octanol–water partition coefficient (Wildman–Crippen LogP) is 3.41. The summed E-state index contributed by atoms with van der Waals surface area (Å²) in [6.45, 7) is 2.29. The van der Waals surface area contributed by atoms with E-state index in [2.05, 4.69) is 10.3 Å². The fourth-order valence-corrected chi connectivity index (χ4v) is 2.77. The molecule has 1 aromatic carbocycles. The van der Waals surface area contributed by atoms with Crippen LogP contribution in [0.5, 0.6) is 0 Å². The van der Waals surface area contributed by atoms with E-state index in [1.165, 1.54) is 12.8 Å². The highest BCUT2D eigenvalue weighted by Crippen LogP contribution is 2.25. The second-order valence-corrected chi connectivity index (χ2v) is 5.35. The predicted molar refractivity (Wildman–Crippen MR) is 72.9 cm³/mol. The molecule has 0 aliphatic carbocycles. The van der Waals surface area contributed by atoms with Gasteiger partial charge in [0.05, 0.1) is 5.02 Å². The van der Waals surface area contributed by atoms with Crippen LogP contribution in [0.4, 0.5) is 0 Å². The van der Waals surface area contributed by atoms with Gasteiger partial charge >= 0.3 is 0 Å². The van der Waals surface area contributed by atoms with Gasteiger partial charge < -0.3 is 9.73 Å². The monoisotopic (exact) mass is 264 g/mol. The summed E-state index contributed by atoms with van der Waals surface area (Å²) in [5.41, 5.74) is 1.58. The molecular weight excluding hydrogens is 248 g/mol. The Balaban J connectivity index is 1.69. The first-order valence-electron chi connectivity index (χ1n) is 6.57. The zero-order chi connectivity index (χ0) is 12.4. The lowest BCUT2D eigenvalue weighted by Gasteiger charge is -2.21. The Hall–Kier alpha value is -1.06. The van der Waals surface area contributed by atoms with Crippen LogP contribution < -0.4 is 5.32 Å². The molecule has 0 amide bonds. The van der Waals surface area contributed by atoms with Gasteiger partial charge in [-0.05, 0) is 50.4 Å². The molecule has 4 heteroatoms. The summed E-state index contributed by atoms with van der Waals surface area (Å²) in [4.78, 5) is 4.49. The SMILES string of the molecule is Clc1cccc2nc(CCC3CCCNC3)oc12. The van der Waals surface area contributed by atoms with Crippen LogP contribution in [-0.4, -0.2) is 18.1 Å². The molecular formula is C14H17ClN2O. The van der Waals surface area contributed by atoms with E-state index in [9.17, 15) is 0 Å². The maximum Gasteiger partial charge on any atom is 0.195 e. The number of benzene rings is 1. The van der Waals surface area contributed by atoms with E-state index in [0.717, 1.165) is 48.8 Å². The number of nitrogens with one attached hydrogen (secondary N) is 1. The molecule has 2 heterocycles. The van der Waals surface area contributed by atoms with E-state index in [-0.39, 0.29) is 0 Å². The van der Waals surface area contributed by atoms with Crippen molar-refractivity contribution < 1.29 is 4.42 Å². The first-order chi connectivity index (χ1) is 8.83. The molecule has 0 saturated carbocycles. The number of piperidine rings is 1. The normalized spacial score (nSPS) is 20.4. The number of hydrogen-bond donors (Lipinski definition) is 1. The molecule has 0 spiro atoms. The van der Waals surface area contributed by atoms with Gasteiger partial charge in [0.1, 0.15) is 5.52 Å². The number of rotatable bonds is 3. The van der Waals surface area contributed by atoms with Crippen molar-refractivity contribution in [2.75, 3.05) is 13.1 Å². The molecule has 18 heavy (non-hydrogen) atoms. The second-order valence-electron chi connectivity index (χ2n) is 4.95. The molecule has 1 aromatic heterocycles. The van der Waals surface area contributed by atoms with Crippen LogP contribution in [0.15, 0.2) is 22.6 Å². The minimum atomic E-state index is 0.644. The Labute approximate surface area is 112 Å². The molecule has 3 nitrogen and oxygen atoms in total. The van der Waals surface area contributed by atoms with E-state index >= 15 is 0 Å². The molecule has 1 saturated heterocycles. The number of oxazole rings is 1. The van der Waals surface area contributed by atoms with Crippen molar-refractivity contribution in [3.63, 3.8) is 0 Å². The van der Waals surface area contributed by atoms with Gasteiger partial charge in [0.2, 0.25) is 0 Å². The van der Waals surface area contributed by atoms with E-state index in [4.69, 9.17) is 16.0 Å². The molecule has 1 unspecified atom stereocenters. The average molecular weight is 265 g/mol. The van der Waals surface area contributed by atoms with Crippen molar-refractivity contribution >= 4 is 22.7 Å². The van der Waals surface area contributed by atoms with Gasteiger partial charge in [-0.2, -0.15) is 0 Å². The fraction of sp³-hybridized carbons (Fsp3) is 0.500. The number of nitrogens with zero attached hydrogens (tertiary/aromatic N) is 1. The lowest BCUT2D eigenvalue weighted by Crippen LogP contribution is -2.29. The van der Waals surface area contributed by atoms with Crippen LogP contribution >= 0.6 is 11.6 Å². The molecule has 1 aliphatic rings. The Bertz CT molecular complexity index is 532. The van der Waals surface area contributed by atoms with Crippen LogP contribution in [-0.2, 0) is 6.42 Å². The smallest absolute Gasteiger partial charge is 0.195 e. The summed E-state index contributed by atoms with van der Waals surface area (Å²) < 4.78 is 5.73. The molecule has 0 radical (unpaired) electrons. The maximum absolute atomic E-state index is 6.08. The number of fused-ring (bicyclic) bond motifs is 1. The number of halogens is 1. The third kappa shape index (κ3) is 2.52. The van der Waals surface area contributed by atoms with Crippen LogP contribution in [0.3, 0.4) is 0 Å². The van der Waals surface area contributed by atoms with Crippen molar-refractivity contribution in [3.8, 4) is 0 Å². The number of para-hydroxylation sites is 1. The van der Waals surface area contributed by atoms with Gasteiger partial charge in [-0.25, -0.2) is 4.98 Å². The van der Waals surface area contributed by atoms with Gasteiger partial charge in [0.15, 0.2) is 11.5 Å². The summed E-state index contributed by atoms with van der Waals surface area (Å²) in [7, 11) is 0. The highest BCUT2D eigenvalue weighted by atomic mass is 35.5. The van der Waals surface area contributed by atoms with E-state index in [1.807, 2.05) is 18.2 Å². The highest BCUT2D eigenvalue weighted by Gasteiger charge is 2.15. The molecule has 2 aromatic rings. The first-order valence-corrected chi connectivity index (χ1v) is 6.95. The Morgan fingerprint density at radius 2 is 2.39 bits per heavy atom. The minimum Gasteiger partial charge on any atom is -0.439 e. The van der Waals surface area contributed by atoms with Crippen molar-refractivity contribution in [3.05, 3.63) is 29.1 Å². The largest absolute Gasteiger partial charge is 0.439 e. The fourth-order valence-electron chi connectivity index (χ4n) is 2.57. The van der Waals surface area contributed by atoms with Crippen LogP contribution in [0.25, 0.3) is 11.1 Å². The van der Waals surface area contributed by atoms with Gasteiger partial charge in [-0.1, -0.05) is 17.7 Å². The molecule has 1 aliphatic heterocycles. The van der Waals surface area contributed by atoms with Crippen LogP contribution in [0.2, 0.25) is 5.02 Å². The first kappa shape index (κ1) is 12.0. The van der Waals surface area contributed by atoms with Crippen molar-refractivity contribution in [1.29, 1.82) is 0 Å². The van der Waals surface area contributed by atoms with Gasteiger partial charge in [0.25, 0.3) is 0 Å². The summed E-state index contributed by atoms with van der Waals surface area (Å²) in [6.07, 6.45) is 4.63. The number of aryl methyl sites for hydroxylation is 1. The summed E-state index contributed by atoms with van der Waals surface area (Å²) in [6, 6.07) is 5.68. The Morgan fingerprint density at radius 1 is 1.44 bits per heavy atom. The second kappa shape index (κ2) is 5.29. The average Bonchev–Trinajstić information content (AvgIpc) is 2.82. The van der Waals surface area contributed by atoms with Gasteiger partial charge in [-0.15, -0.1) is 0 Å². The molecule has 0 bridgehead atoms. The van der Waals surface area contributed by atoms with E-state index in [1.54, 1.807) is 0 Å². The Kier molecular flexibility index (Phi) is 3.52. The van der Waals surface area contributed by atoms with Gasteiger partial charge in [-0.3, -0.25) is 0 Å². The van der Waals surface area contributed by atoms with Gasteiger partial charge in [0, 0.05) is 6.42 Å². The maximum atomic E-state index is 6.08. The zero-order valence-electron chi connectivity index (χ0n) is 10.3. The van der Waals surface area contributed by atoms with Crippen molar-refractivity contribution in [2.24, 2.45) is 5.92 Å². The Morgan fingerprint density at radius 3 is 3.17 bits per heavy atom. The third-order valence-electron chi connectivity index (χ3n) is 3.58. The quantitative estimate of drug-likeness (QED) is 0.923. The lowest BCUT2D eigenvalue weighted by atomic mass is 9.95. The van der Waals surface area contributed by atoms with Crippen LogP contribution in [0.1, 0.15) is 25.2 Å². The molecule has 96 valence electrons. The van der Waals surface area contributed by atoms with Crippen molar-refractivity contribution in [2.45, 2.75) is 25.7 Å². The summed E-state index contributed by atoms with van der Waals surface area (Å²) >= 11 is 6.08. The molecule has 1 N–H and O–H groups in total. The summed E-state index contributed by atoms with van der Waals surface area (Å²) in [5.74, 6) is 1.56. The van der Waals surface area contributed by atoms with Crippen LogP contribution in [0, 0.1) is 5.92 Å². The third-order valence-corrected chi connectivity index (χ3v) is 3.87. The molecule has 1 atom stereocenters. The zero-order valence-corrected chi connectivity index (χ0v) is 11.0. The summed E-state index contributed by atoms with van der Waals surface area (Å²) in [5, 5.41) is 4.08. The minimum absolute atomic E-state index is 0.644.